The van der Waals surface area contributed by atoms with Crippen LogP contribution in [0.5, 0.6) is 0 Å². The predicted octanol–water partition coefficient (Wildman–Crippen LogP) is 10.4. The molecule has 0 bridgehead atoms. The average molecular weight is 779 g/mol. The van der Waals surface area contributed by atoms with Crippen molar-refractivity contribution in [2.45, 2.75) is 47.0 Å². The van der Waals surface area contributed by atoms with Crippen LogP contribution in [0.3, 0.4) is 0 Å². The van der Waals surface area contributed by atoms with E-state index >= 15 is 0 Å². The summed E-state index contributed by atoms with van der Waals surface area (Å²) in [5.74, 6) is 0.876. The van der Waals surface area contributed by atoms with Gasteiger partial charge in [0.2, 0.25) is 0 Å². The SMILES string of the molecule is Cc1ccc2c(c1)c1cc3c4cc(C)ccc4n(-c4cc(C(C)(C)C)cc(-c5ccccc5C)n4)c3nc1n2-c1[c-]cccc1.[Pt]. The fourth-order valence-electron chi connectivity index (χ4n) is 6.64. The van der Waals surface area contributed by atoms with Crippen LogP contribution in [0.2, 0.25) is 0 Å². The molecule has 0 N–H and O–H groups in total. The van der Waals surface area contributed by atoms with E-state index in [2.05, 4.69) is 148 Å². The molecule has 0 atom stereocenters. The Bertz CT molecular complexity index is 2440. The molecule has 4 nitrogen and oxygen atoms in total. The zero-order chi connectivity index (χ0) is 31.0. The number of fused-ring (bicyclic) bond motifs is 6. The molecule has 0 fully saturated rings. The number of hydrogen-bond donors (Lipinski definition) is 0. The molecule has 8 aromatic rings. The van der Waals surface area contributed by atoms with Gasteiger partial charge in [-0.25, -0.2) is 9.97 Å². The van der Waals surface area contributed by atoms with Crippen molar-refractivity contribution in [3.63, 3.8) is 0 Å². The van der Waals surface area contributed by atoms with Crippen molar-refractivity contribution in [2.75, 3.05) is 0 Å². The molecule has 0 aliphatic heterocycles. The van der Waals surface area contributed by atoms with Gasteiger partial charge < -0.3 is 4.57 Å². The summed E-state index contributed by atoms with van der Waals surface area (Å²) in [4.78, 5) is 10.9. The minimum Gasteiger partial charge on any atom is -0.318 e. The first-order chi connectivity index (χ1) is 21.7. The monoisotopic (exact) mass is 778 g/mol. The summed E-state index contributed by atoms with van der Waals surface area (Å²) in [7, 11) is 0. The van der Waals surface area contributed by atoms with Crippen molar-refractivity contribution in [1.29, 1.82) is 0 Å². The summed E-state index contributed by atoms with van der Waals surface area (Å²) in [6.45, 7) is 13.3. The maximum atomic E-state index is 5.54. The summed E-state index contributed by atoms with van der Waals surface area (Å²) in [5.41, 5.74) is 11.9. The van der Waals surface area contributed by atoms with Crippen molar-refractivity contribution in [3.8, 4) is 22.8 Å². The van der Waals surface area contributed by atoms with E-state index in [9.17, 15) is 0 Å². The third kappa shape index (κ3) is 4.79. The van der Waals surface area contributed by atoms with Gasteiger partial charge in [-0.2, -0.15) is 24.3 Å². The van der Waals surface area contributed by atoms with E-state index in [1.54, 1.807) is 0 Å². The molecule has 8 rings (SSSR count). The molecule has 0 spiro atoms. The number of aromatic nitrogens is 4. The molecule has 0 aliphatic carbocycles. The van der Waals surface area contributed by atoms with Crippen LogP contribution in [0, 0.1) is 26.8 Å². The first-order valence-electron chi connectivity index (χ1n) is 15.6. The Balaban J connectivity index is 0.00000338. The smallest absolute Gasteiger partial charge is 0.149 e. The van der Waals surface area contributed by atoms with Gasteiger partial charge in [0.15, 0.2) is 0 Å². The molecule has 4 aromatic heterocycles. The van der Waals surface area contributed by atoms with E-state index in [0.29, 0.717) is 0 Å². The van der Waals surface area contributed by atoms with Gasteiger partial charge >= 0.3 is 0 Å². The second kappa shape index (κ2) is 11.1. The number of benzene rings is 4. The molecule has 230 valence electrons. The quantitative estimate of drug-likeness (QED) is 0.168. The maximum absolute atomic E-state index is 5.54. The van der Waals surface area contributed by atoms with E-state index in [-0.39, 0.29) is 26.5 Å². The molecule has 4 aromatic carbocycles. The summed E-state index contributed by atoms with van der Waals surface area (Å²) < 4.78 is 4.51. The van der Waals surface area contributed by atoms with Crippen LogP contribution in [-0.4, -0.2) is 19.1 Å². The number of para-hydroxylation sites is 1. The van der Waals surface area contributed by atoms with Gasteiger partial charge in [0.05, 0.1) is 16.7 Å². The summed E-state index contributed by atoms with van der Waals surface area (Å²) >= 11 is 0. The second-order valence-corrected chi connectivity index (χ2v) is 13.4. The van der Waals surface area contributed by atoms with E-state index < -0.39 is 0 Å². The molecule has 4 heterocycles. The Labute approximate surface area is 284 Å². The van der Waals surface area contributed by atoms with Gasteiger partial charge in [-0.3, -0.25) is 4.57 Å². The fraction of sp³-hybridized carbons (Fsp3) is 0.171. The first kappa shape index (κ1) is 30.1. The van der Waals surface area contributed by atoms with E-state index in [1.807, 2.05) is 12.1 Å². The van der Waals surface area contributed by atoms with Gasteiger partial charge in [0.25, 0.3) is 0 Å². The van der Waals surface area contributed by atoms with Crippen molar-refractivity contribution in [1.82, 2.24) is 19.1 Å². The van der Waals surface area contributed by atoms with Crippen LogP contribution in [0.25, 0.3) is 66.6 Å². The Morgan fingerprint density at radius 2 is 1.24 bits per heavy atom. The minimum atomic E-state index is -0.0708. The molecule has 0 radical (unpaired) electrons. The number of pyridine rings is 2. The van der Waals surface area contributed by atoms with Crippen LogP contribution in [0.1, 0.15) is 43.0 Å². The largest absolute Gasteiger partial charge is 0.318 e. The number of aryl methyl sites for hydroxylation is 3. The fourth-order valence-corrected chi connectivity index (χ4v) is 6.64. The molecule has 0 saturated heterocycles. The Morgan fingerprint density at radius 1 is 0.609 bits per heavy atom. The van der Waals surface area contributed by atoms with Crippen molar-refractivity contribution < 1.29 is 21.1 Å². The van der Waals surface area contributed by atoms with E-state index in [1.165, 1.54) is 33.0 Å². The third-order valence-electron chi connectivity index (χ3n) is 9.03. The minimum absolute atomic E-state index is 0. The summed E-state index contributed by atoms with van der Waals surface area (Å²) in [6.07, 6.45) is 0. The van der Waals surface area contributed by atoms with Gasteiger partial charge in [-0.15, -0.1) is 6.07 Å². The zero-order valence-electron chi connectivity index (χ0n) is 26.9. The summed E-state index contributed by atoms with van der Waals surface area (Å²) in [5, 5.41) is 4.63. The molecule has 0 amide bonds. The van der Waals surface area contributed by atoms with Crippen LogP contribution in [0.15, 0.2) is 103 Å². The molecule has 46 heavy (non-hydrogen) atoms. The Hall–Kier alpha value is -4.53. The molecular formula is C41H35N4Pt-. The molecule has 0 unspecified atom stereocenters. The summed E-state index contributed by atoms with van der Waals surface area (Å²) in [6, 6.07) is 40.3. The Morgan fingerprint density at radius 3 is 1.87 bits per heavy atom. The topological polar surface area (TPSA) is 35.6 Å². The normalized spacial score (nSPS) is 12.0. The zero-order valence-corrected chi connectivity index (χ0v) is 29.2. The van der Waals surface area contributed by atoms with Crippen LogP contribution >= 0.6 is 0 Å². The standard InChI is InChI=1S/C41H35N4.Pt/c1-25-16-18-36-31(20-25)33-24-34-32-21-26(2)17-19-37(32)45(40(34)43-39(33)44(36)29-13-8-7-9-14-29)38-23-28(41(4,5)6)22-35(42-38)30-15-11-10-12-27(30)3;/h7-13,15-24H,1-6H3;/q-1;. The van der Waals surface area contributed by atoms with Gasteiger partial charge in [0, 0.05) is 48.2 Å². The third-order valence-corrected chi connectivity index (χ3v) is 9.03. The van der Waals surface area contributed by atoms with E-state index in [0.717, 1.165) is 55.9 Å². The van der Waals surface area contributed by atoms with Crippen LogP contribution < -0.4 is 0 Å². The maximum Gasteiger partial charge on any atom is 0.149 e. The van der Waals surface area contributed by atoms with Crippen molar-refractivity contribution in [3.05, 3.63) is 131 Å². The second-order valence-electron chi connectivity index (χ2n) is 13.4. The van der Waals surface area contributed by atoms with Gasteiger partial charge in [0.1, 0.15) is 17.1 Å². The number of hydrogen-bond acceptors (Lipinski definition) is 2. The number of nitrogens with zero attached hydrogens (tertiary/aromatic N) is 4. The predicted molar refractivity (Wildman–Crippen MR) is 188 cm³/mol. The molecular weight excluding hydrogens is 744 g/mol. The van der Waals surface area contributed by atoms with Crippen molar-refractivity contribution in [2.24, 2.45) is 0 Å². The van der Waals surface area contributed by atoms with Gasteiger partial charge in [-0.05, 0) is 79.8 Å². The van der Waals surface area contributed by atoms with Crippen LogP contribution in [-0.2, 0) is 26.5 Å². The molecule has 5 heteroatoms. The average Bonchev–Trinajstić information content (AvgIpc) is 3.51. The first-order valence-corrected chi connectivity index (χ1v) is 15.6. The van der Waals surface area contributed by atoms with E-state index in [4.69, 9.17) is 9.97 Å². The van der Waals surface area contributed by atoms with Crippen molar-refractivity contribution >= 4 is 43.9 Å². The Kier molecular flexibility index (Phi) is 7.25. The number of rotatable bonds is 3. The molecule has 0 aliphatic rings. The van der Waals surface area contributed by atoms with Crippen LogP contribution in [0.4, 0.5) is 0 Å². The molecule has 0 saturated carbocycles. The van der Waals surface area contributed by atoms with Gasteiger partial charge in [-0.1, -0.05) is 74.0 Å².